The Morgan fingerprint density at radius 1 is 1.18 bits per heavy atom. The SMILES string of the molecule is CCOc1cc(-c2cc(NCCc3c(C)oc4c(OC)cc(Cl)cc34)ncn2)ccc1C(=O)O. The number of anilines is 1. The van der Waals surface area contributed by atoms with Gasteiger partial charge in [0.15, 0.2) is 11.3 Å². The Morgan fingerprint density at radius 2 is 2.00 bits per heavy atom. The lowest BCUT2D eigenvalue weighted by Crippen LogP contribution is -2.07. The lowest BCUT2D eigenvalue weighted by molar-refractivity contribution is 0.0692. The van der Waals surface area contributed by atoms with Crippen molar-refractivity contribution < 1.29 is 23.8 Å². The molecule has 0 amide bonds. The molecule has 4 rings (SSSR count). The van der Waals surface area contributed by atoms with E-state index in [1.54, 1.807) is 32.2 Å². The molecule has 0 aliphatic carbocycles. The largest absolute Gasteiger partial charge is 0.493 e. The molecule has 2 heterocycles. The fraction of sp³-hybridized carbons (Fsp3) is 0.240. The minimum absolute atomic E-state index is 0.109. The van der Waals surface area contributed by atoms with Crippen molar-refractivity contribution in [2.24, 2.45) is 0 Å². The number of hydrogen-bond donors (Lipinski definition) is 2. The summed E-state index contributed by atoms with van der Waals surface area (Å²) in [7, 11) is 1.59. The maximum atomic E-state index is 11.4. The van der Waals surface area contributed by atoms with Crippen LogP contribution in [0.25, 0.3) is 22.2 Å². The summed E-state index contributed by atoms with van der Waals surface area (Å²) in [5, 5.41) is 14.2. The van der Waals surface area contributed by atoms with E-state index in [4.69, 9.17) is 25.5 Å². The number of aromatic nitrogens is 2. The van der Waals surface area contributed by atoms with E-state index < -0.39 is 5.97 Å². The molecule has 9 heteroatoms. The number of furan rings is 1. The van der Waals surface area contributed by atoms with E-state index in [-0.39, 0.29) is 5.56 Å². The highest BCUT2D eigenvalue weighted by Gasteiger charge is 2.16. The molecule has 0 aliphatic heterocycles. The molecule has 4 aromatic rings. The number of hydrogen-bond acceptors (Lipinski definition) is 7. The van der Waals surface area contributed by atoms with Crippen LogP contribution in [0.5, 0.6) is 11.5 Å². The molecule has 0 atom stereocenters. The quantitative estimate of drug-likeness (QED) is 0.317. The smallest absolute Gasteiger partial charge is 0.339 e. The van der Waals surface area contributed by atoms with E-state index in [9.17, 15) is 9.90 Å². The van der Waals surface area contributed by atoms with Crippen LogP contribution in [-0.4, -0.2) is 41.3 Å². The Bertz CT molecular complexity index is 1350. The molecule has 0 unspecified atom stereocenters. The molecule has 176 valence electrons. The monoisotopic (exact) mass is 481 g/mol. The first-order valence-corrected chi connectivity index (χ1v) is 11.1. The van der Waals surface area contributed by atoms with Gasteiger partial charge in [0, 0.05) is 40.2 Å². The van der Waals surface area contributed by atoms with Gasteiger partial charge in [-0.1, -0.05) is 17.7 Å². The van der Waals surface area contributed by atoms with Crippen molar-refractivity contribution in [2.45, 2.75) is 20.3 Å². The zero-order valence-electron chi connectivity index (χ0n) is 19.0. The summed E-state index contributed by atoms with van der Waals surface area (Å²) in [6, 6.07) is 10.3. The number of rotatable bonds is 9. The highest BCUT2D eigenvalue weighted by atomic mass is 35.5. The number of aryl methyl sites for hydroxylation is 1. The lowest BCUT2D eigenvalue weighted by Gasteiger charge is -2.10. The van der Waals surface area contributed by atoms with Crippen LogP contribution in [0, 0.1) is 6.92 Å². The standard InChI is InChI=1S/C25H24ClN3O5/c1-4-33-21-9-15(5-6-18(21)25(30)31)20-12-23(29-13-28-20)27-8-7-17-14(2)34-24-19(17)10-16(26)11-22(24)32-3/h5-6,9-13H,4,7-8H2,1-3H3,(H,30,31)(H,27,28,29). The van der Waals surface area contributed by atoms with Crippen molar-refractivity contribution >= 4 is 34.4 Å². The number of aromatic carboxylic acids is 1. The van der Waals surface area contributed by atoms with Crippen LogP contribution in [-0.2, 0) is 6.42 Å². The Labute approximate surface area is 201 Å². The molecule has 0 saturated carbocycles. The van der Waals surface area contributed by atoms with Gasteiger partial charge in [-0.15, -0.1) is 0 Å². The third-order valence-electron chi connectivity index (χ3n) is 5.40. The average molecular weight is 482 g/mol. The van der Waals surface area contributed by atoms with Gasteiger partial charge in [0.2, 0.25) is 0 Å². The summed E-state index contributed by atoms with van der Waals surface area (Å²) in [6.07, 6.45) is 2.15. The Kier molecular flexibility index (Phi) is 6.88. The molecule has 0 saturated heterocycles. The number of halogens is 1. The third kappa shape index (κ3) is 4.77. The number of ether oxygens (including phenoxy) is 2. The zero-order chi connectivity index (χ0) is 24.2. The molecule has 0 spiro atoms. The van der Waals surface area contributed by atoms with Crippen molar-refractivity contribution in [3.8, 4) is 22.8 Å². The van der Waals surface area contributed by atoms with E-state index in [1.807, 2.05) is 19.1 Å². The van der Waals surface area contributed by atoms with Gasteiger partial charge in [-0.2, -0.15) is 0 Å². The van der Waals surface area contributed by atoms with E-state index in [0.29, 0.717) is 53.2 Å². The molecule has 0 bridgehead atoms. The molecule has 0 aliphatic rings. The van der Waals surface area contributed by atoms with E-state index in [1.165, 1.54) is 12.4 Å². The number of nitrogens with one attached hydrogen (secondary N) is 1. The first-order chi connectivity index (χ1) is 16.4. The predicted octanol–water partition coefficient (Wildman–Crippen LogP) is 5.61. The van der Waals surface area contributed by atoms with Crippen molar-refractivity contribution in [2.75, 3.05) is 25.6 Å². The Balaban J connectivity index is 1.52. The molecule has 2 N–H and O–H groups in total. The summed E-state index contributed by atoms with van der Waals surface area (Å²) in [6.45, 7) is 4.69. The number of nitrogens with zero attached hydrogens (tertiary/aromatic N) is 2. The summed E-state index contributed by atoms with van der Waals surface area (Å²) >= 11 is 6.25. The van der Waals surface area contributed by atoms with Crippen molar-refractivity contribution in [1.29, 1.82) is 0 Å². The van der Waals surface area contributed by atoms with Crippen LogP contribution in [0.4, 0.5) is 5.82 Å². The number of methoxy groups -OCH3 is 1. The minimum atomic E-state index is -1.04. The van der Waals surface area contributed by atoms with Crippen LogP contribution in [0.1, 0.15) is 28.6 Å². The van der Waals surface area contributed by atoms with Gasteiger partial charge in [0.25, 0.3) is 0 Å². The van der Waals surface area contributed by atoms with Crippen molar-refractivity contribution in [1.82, 2.24) is 9.97 Å². The summed E-state index contributed by atoms with van der Waals surface area (Å²) in [5.74, 6) is 1.32. The van der Waals surface area contributed by atoms with Crippen LogP contribution in [0.2, 0.25) is 5.02 Å². The normalized spacial score (nSPS) is 10.9. The summed E-state index contributed by atoms with van der Waals surface area (Å²) in [5.41, 5.74) is 3.22. The van der Waals surface area contributed by atoms with Crippen LogP contribution >= 0.6 is 11.6 Å². The first-order valence-electron chi connectivity index (χ1n) is 10.7. The molecule has 2 aromatic heterocycles. The van der Waals surface area contributed by atoms with Gasteiger partial charge in [0.1, 0.15) is 29.2 Å². The highest BCUT2D eigenvalue weighted by molar-refractivity contribution is 6.31. The van der Waals surface area contributed by atoms with Gasteiger partial charge >= 0.3 is 5.97 Å². The second-order valence-corrected chi connectivity index (χ2v) is 7.97. The lowest BCUT2D eigenvalue weighted by atomic mass is 10.1. The number of carboxylic acids is 1. The maximum Gasteiger partial charge on any atom is 0.339 e. The predicted molar refractivity (Wildman–Crippen MR) is 130 cm³/mol. The maximum absolute atomic E-state index is 11.4. The Hall–Kier alpha value is -3.78. The molecule has 0 radical (unpaired) electrons. The number of benzene rings is 2. The molecule has 8 nitrogen and oxygen atoms in total. The second kappa shape index (κ2) is 10.0. The molecule has 0 fully saturated rings. The fourth-order valence-electron chi connectivity index (χ4n) is 3.83. The fourth-order valence-corrected chi connectivity index (χ4v) is 4.03. The van der Waals surface area contributed by atoms with E-state index >= 15 is 0 Å². The molecule has 34 heavy (non-hydrogen) atoms. The summed E-state index contributed by atoms with van der Waals surface area (Å²) in [4.78, 5) is 20.1. The van der Waals surface area contributed by atoms with Crippen molar-refractivity contribution in [3.63, 3.8) is 0 Å². The van der Waals surface area contributed by atoms with Crippen molar-refractivity contribution in [3.05, 3.63) is 64.6 Å². The van der Waals surface area contributed by atoms with Gasteiger partial charge in [-0.3, -0.25) is 0 Å². The summed E-state index contributed by atoms with van der Waals surface area (Å²) < 4.78 is 16.8. The third-order valence-corrected chi connectivity index (χ3v) is 5.62. The Morgan fingerprint density at radius 3 is 2.74 bits per heavy atom. The highest BCUT2D eigenvalue weighted by Crippen LogP contribution is 2.36. The van der Waals surface area contributed by atoms with E-state index in [2.05, 4.69) is 15.3 Å². The average Bonchev–Trinajstić information content (AvgIpc) is 3.13. The first kappa shape index (κ1) is 23.4. The molecule has 2 aromatic carbocycles. The van der Waals surface area contributed by atoms with E-state index in [0.717, 1.165) is 22.3 Å². The van der Waals surface area contributed by atoms with Gasteiger partial charge in [-0.05, 0) is 38.5 Å². The van der Waals surface area contributed by atoms with Gasteiger partial charge < -0.3 is 24.3 Å². The number of carbonyl (C=O) groups is 1. The number of carboxylic acid groups (broad SMARTS) is 1. The second-order valence-electron chi connectivity index (χ2n) is 7.54. The number of fused-ring (bicyclic) bond motifs is 1. The van der Waals surface area contributed by atoms with Gasteiger partial charge in [0.05, 0.1) is 19.4 Å². The van der Waals surface area contributed by atoms with Crippen LogP contribution in [0.15, 0.2) is 47.1 Å². The molecular weight excluding hydrogens is 458 g/mol. The minimum Gasteiger partial charge on any atom is -0.493 e. The van der Waals surface area contributed by atoms with Crippen LogP contribution < -0.4 is 14.8 Å². The zero-order valence-corrected chi connectivity index (χ0v) is 19.8. The van der Waals surface area contributed by atoms with Gasteiger partial charge in [-0.25, -0.2) is 14.8 Å². The topological polar surface area (TPSA) is 107 Å². The van der Waals surface area contributed by atoms with Crippen LogP contribution in [0.3, 0.4) is 0 Å². The molecular formula is C25H24ClN3O5.